The van der Waals surface area contributed by atoms with Crippen LogP contribution < -0.4 is 5.43 Å². The highest BCUT2D eigenvalue weighted by molar-refractivity contribution is 7.16. The Kier molecular flexibility index (Phi) is 4.44. The maximum Gasteiger partial charge on any atom is 0.324 e. The second-order valence-corrected chi connectivity index (χ2v) is 5.17. The SMILES string of the molecule is O=C(N/N=C\c1ccc([N+](=O)[O-])s1)c1ccc(Cl)cc1. The van der Waals surface area contributed by atoms with Gasteiger partial charge in [0.25, 0.3) is 5.91 Å². The third-order valence-corrected chi connectivity index (χ3v) is 3.48. The summed E-state index contributed by atoms with van der Waals surface area (Å²) in [5, 5.41) is 14.8. The van der Waals surface area contributed by atoms with E-state index in [1.807, 2.05) is 0 Å². The topological polar surface area (TPSA) is 84.6 Å². The fraction of sp³-hybridized carbons (Fsp3) is 0. The summed E-state index contributed by atoms with van der Waals surface area (Å²) in [4.78, 5) is 22.3. The van der Waals surface area contributed by atoms with Gasteiger partial charge in [-0.05, 0) is 30.3 Å². The Bertz CT molecular complexity index is 667. The Morgan fingerprint density at radius 2 is 2.00 bits per heavy atom. The molecule has 0 fully saturated rings. The van der Waals surface area contributed by atoms with Gasteiger partial charge < -0.3 is 0 Å². The van der Waals surface area contributed by atoms with Gasteiger partial charge >= 0.3 is 5.00 Å². The van der Waals surface area contributed by atoms with Gasteiger partial charge in [-0.2, -0.15) is 5.10 Å². The summed E-state index contributed by atoms with van der Waals surface area (Å²) in [6, 6.07) is 9.28. The Hall–Kier alpha value is -2.25. The lowest BCUT2D eigenvalue weighted by atomic mass is 10.2. The van der Waals surface area contributed by atoms with Crippen LogP contribution >= 0.6 is 22.9 Å². The first-order valence-electron chi connectivity index (χ1n) is 5.39. The molecule has 0 saturated carbocycles. The predicted octanol–water partition coefficient (Wildman–Crippen LogP) is 3.07. The number of thiophene rings is 1. The van der Waals surface area contributed by atoms with Crippen LogP contribution in [0.4, 0.5) is 5.00 Å². The van der Waals surface area contributed by atoms with Gasteiger partial charge in [0, 0.05) is 16.7 Å². The number of rotatable bonds is 4. The monoisotopic (exact) mass is 309 g/mol. The van der Waals surface area contributed by atoms with Crippen LogP contribution in [-0.2, 0) is 0 Å². The van der Waals surface area contributed by atoms with Gasteiger partial charge in [0.2, 0.25) is 0 Å². The molecular formula is C12H8ClN3O3S. The molecule has 2 aromatic rings. The zero-order valence-electron chi connectivity index (χ0n) is 9.95. The number of hydrogen-bond donors (Lipinski definition) is 1. The maximum absolute atomic E-state index is 11.7. The van der Waals surface area contributed by atoms with Crippen molar-refractivity contribution in [2.45, 2.75) is 0 Å². The van der Waals surface area contributed by atoms with Crippen LogP contribution in [0.5, 0.6) is 0 Å². The fourth-order valence-electron chi connectivity index (χ4n) is 1.33. The summed E-state index contributed by atoms with van der Waals surface area (Å²) in [6.45, 7) is 0. The van der Waals surface area contributed by atoms with Gasteiger partial charge in [0.1, 0.15) is 0 Å². The van der Waals surface area contributed by atoms with Crippen molar-refractivity contribution in [2.75, 3.05) is 0 Å². The molecule has 0 saturated heterocycles. The molecule has 0 atom stereocenters. The Morgan fingerprint density at radius 1 is 1.30 bits per heavy atom. The molecular weight excluding hydrogens is 302 g/mol. The Labute approximate surface area is 122 Å². The molecule has 2 rings (SSSR count). The minimum Gasteiger partial charge on any atom is -0.267 e. The summed E-state index contributed by atoms with van der Waals surface area (Å²) in [5.74, 6) is -0.385. The van der Waals surface area contributed by atoms with Crippen molar-refractivity contribution >= 4 is 40.1 Å². The van der Waals surface area contributed by atoms with E-state index in [0.717, 1.165) is 11.3 Å². The molecule has 1 amide bonds. The molecule has 0 aliphatic rings. The molecule has 0 bridgehead atoms. The minimum absolute atomic E-state index is 0.0236. The number of nitrogens with one attached hydrogen (secondary N) is 1. The third-order valence-electron chi connectivity index (χ3n) is 2.26. The quantitative estimate of drug-likeness (QED) is 0.535. The second kappa shape index (κ2) is 6.27. The number of hydrogen-bond acceptors (Lipinski definition) is 5. The first-order valence-corrected chi connectivity index (χ1v) is 6.59. The van der Waals surface area contributed by atoms with E-state index < -0.39 is 4.92 Å². The lowest BCUT2D eigenvalue weighted by Gasteiger charge is -1.98. The number of carbonyl (C=O) groups excluding carboxylic acids is 1. The van der Waals surface area contributed by atoms with Gasteiger partial charge in [0.05, 0.1) is 16.0 Å². The van der Waals surface area contributed by atoms with Crippen molar-refractivity contribution < 1.29 is 9.72 Å². The summed E-state index contributed by atoms with van der Waals surface area (Å²) in [6.07, 6.45) is 1.35. The Morgan fingerprint density at radius 3 is 2.60 bits per heavy atom. The summed E-state index contributed by atoms with van der Waals surface area (Å²) in [5.41, 5.74) is 2.75. The zero-order valence-corrected chi connectivity index (χ0v) is 11.5. The molecule has 0 radical (unpaired) electrons. The molecule has 1 aromatic heterocycles. The highest BCUT2D eigenvalue weighted by Gasteiger charge is 2.08. The molecule has 1 heterocycles. The van der Waals surface area contributed by atoms with E-state index in [9.17, 15) is 14.9 Å². The van der Waals surface area contributed by atoms with Crippen molar-refractivity contribution in [1.29, 1.82) is 0 Å². The summed E-state index contributed by atoms with van der Waals surface area (Å²) >= 11 is 6.69. The van der Waals surface area contributed by atoms with Crippen molar-refractivity contribution in [3.05, 3.63) is 62.0 Å². The van der Waals surface area contributed by atoms with Crippen LogP contribution in [0.15, 0.2) is 41.5 Å². The molecule has 0 aliphatic heterocycles. The number of halogens is 1. The normalized spacial score (nSPS) is 10.7. The lowest BCUT2D eigenvalue weighted by molar-refractivity contribution is -0.380. The third kappa shape index (κ3) is 3.62. The molecule has 0 aliphatic carbocycles. The number of nitrogens with zero attached hydrogens (tertiary/aromatic N) is 2. The van der Waals surface area contributed by atoms with Crippen LogP contribution in [0, 0.1) is 10.1 Å². The van der Waals surface area contributed by atoms with Gasteiger partial charge in [-0.25, -0.2) is 5.43 Å². The highest BCUT2D eigenvalue weighted by Crippen LogP contribution is 2.22. The number of hydrazone groups is 1. The molecule has 6 nitrogen and oxygen atoms in total. The fourth-order valence-corrected chi connectivity index (χ4v) is 2.15. The number of carbonyl (C=O) groups is 1. The molecule has 20 heavy (non-hydrogen) atoms. The maximum atomic E-state index is 11.7. The molecule has 1 aromatic carbocycles. The average molecular weight is 310 g/mol. The van der Waals surface area contributed by atoms with Crippen LogP contribution in [0.3, 0.4) is 0 Å². The first-order chi connectivity index (χ1) is 9.56. The van der Waals surface area contributed by atoms with Gasteiger partial charge in [0.15, 0.2) is 0 Å². The van der Waals surface area contributed by atoms with Gasteiger partial charge in [-0.3, -0.25) is 14.9 Å². The van der Waals surface area contributed by atoms with Crippen molar-refractivity contribution in [3.63, 3.8) is 0 Å². The van der Waals surface area contributed by atoms with E-state index in [2.05, 4.69) is 10.5 Å². The molecule has 1 N–H and O–H groups in total. The second-order valence-electron chi connectivity index (χ2n) is 3.64. The van der Waals surface area contributed by atoms with Crippen LogP contribution in [0.2, 0.25) is 5.02 Å². The first kappa shape index (κ1) is 14.2. The van der Waals surface area contributed by atoms with Crippen molar-refractivity contribution in [1.82, 2.24) is 5.43 Å². The van der Waals surface area contributed by atoms with E-state index in [-0.39, 0.29) is 10.9 Å². The molecule has 0 spiro atoms. The number of amides is 1. The molecule has 0 unspecified atom stereocenters. The van der Waals surface area contributed by atoms with Crippen LogP contribution in [-0.4, -0.2) is 17.0 Å². The largest absolute Gasteiger partial charge is 0.324 e. The standard InChI is InChI=1S/C12H8ClN3O3S/c13-9-3-1-8(2-4-9)12(17)15-14-7-10-5-6-11(20-10)16(18)19/h1-7H,(H,15,17)/b14-7-. The number of benzene rings is 1. The smallest absolute Gasteiger partial charge is 0.267 e. The van der Waals surface area contributed by atoms with Crippen molar-refractivity contribution in [2.24, 2.45) is 5.10 Å². The van der Waals surface area contributed by atoms with Crippen LogP contribution in [0.1, 0.15) is 15.2 Å². The van der Waals surface area contributed by atoms with E-state index in [1.165, 1.54) is 12.3 Å². The predicted molar refractivity (Wildman–Crippen MR) is 77.5 cm³/mol. The van der Waals surface area contributed by atoms with Crippen molar-refractivity contribution in [3.8, 4) is 0 Å². The van der Waals surface area contributed by atoms with E-state index in [0.29, 0.717) is 15.5 Å². The highest BCUT2D eigenvalue weighted by atomic mass is 35.5. The average Bonchev–Trinajstić information content (AvgIpc) is 2.88. The Balaban J connectivity index is 1.97. The molecule has 8 heteroatoms. The van der Waals surface area contributed by atoms with E-state index >= 15 is 0 Å². The lowest BCUT2D eigenvalue weighted by Crippen LogP contribution is -2.17. The van der Waals surface area contributed by atoms with Crippen LogP contribution in [0.25, 0.3) is 0 Å². The van der Waals surface area contributed by atoms with E-state index in [1.54, 1.807) is 30.3 Å². The zero-order chi connectivity index (χ0) is 14.5. The summed E-state index contributed by atoms with van der Waals surface area (Å²) in [7, 11) is 0. The van der Waals surface area contributed by atoms with E-state index in [4.69, 9.17) is 11.6 Å². The van der Waals surface area contributed by atoms with Gasteiger partial charge in [-0.1, -0.05) is 22.9 Å². The minimum atomic E-state index is -0.478. The van der Waals surface area contributed by atoms with Gasteiger partial charge in [-0.15, -0.1) is 0 Å². The number of nitro groups is 1. The summed E-state index contributed by atoms with van der Waals surface area (Å²) < 4.78 is 0. The molecule has 102 valence electrons.